The molecule has 3 rings (SSSR count). The second-order valence-electron chi connectivity index (χ2n) is 8.83. The van der Waals surface area contributed by atoms with Crippen molar-refractivity contribution in [2.75, 3.05) is 11.1 Å². The van der Waals surface area contributed by atoms with Crippen LogP contribution in [0, 0.1) is 16.9 Å². The van der Waals surface area contributed by atoms with Crippen LogP contribution in [0.3, 0.4) is 0 Å². The first-order valence-corrected chi connectivity index (χ1v) is 13.4. The summed E-state index contributed by atoms with van der Waals surface area (Å²) in [6.07, 6.45) is 4.24. The fourth-order valence-electron chi connectivity index (χ4n) is 3.34. The number of amides is 1. The third-order valence-corrected chi connectivity index (χ3v) is 7.57. The lowest BCUT2D eigenvalue weighted by molar-refractivity contribution is 0.0897. The van der Waals surface area contributed by atoms with Crippen LogP contribution in [0.25, 0.3) is 0 Å². The second-order valence-corrected chi connectivity index (χ2v) is 11.4. The van der Waals surface area contributed by atoms with E-state index >= 15 is 0 Å². The lowest BCUT2D eigenvalue weighted by Crippen LogP contribution is -2.46. The summed E-state index contributed by atoms with van der Waals surface area (Å²) < 4.78 is 25.9. The number of anilines is 1. The van der Waals surface area contributed by atoms with E-state index in [1.54, 1.807) is 93.0 Å². The maximum Gasteiger partial charge on any atom is 0.252 e. The molecule has 3 aromatic rings. The second kappa shape index (κ2) is 12.3. The summed E-state index contributed by atoms with van der Waals surface area (Å²) in [4.78, 5) is 21.9. The minimum Gasteiger partial charge on any atom is -0.330 e. The molecule has 0 saturated carbocycles. The van der Waals surface area contributed by atoms with Crippen molar-refractivity contribution >= 4 is 39.0 Å². The van der Waals surface area contributed by atoms with E-state index in [0.717, 1.165) is 0 Å². The molecular formula is C26H27ClN6O3S. The van der Waals surface area contributed by atoms with E-state index in [9.17, 15) is 18.5 Å². The number of nitriles is 1. The Morgan fingerprint density at radius 1 is 1.11 bits per heavy atom. The number of hydrogen-bond acceptors (Lipinski definition) is 6. The van der Waals surface area contributed by atoms with E-state index in [4.69, 9.17) is 11.6 Å². The van der Waals surface area contributed by atoms with E-state index in [-0.39, 0.29) is 23.0 Å². The van der Waals surface area contributed by atoms with Gasteiger partial charge in [-0.15, -0.1) is 0 Å². The Hall–Kier alpha value is -3.94. The topological polar surface area (TPSA) is 136 Å². The number of rotatable bonds is 9. The minimum absolute atomic E-state index is 0.0656. The molecule has 0 spiro atoms. The molecule has 3 N–H and O–H groups in total. The van der Waals surface area contributed by atoms with Gasteiger partial charge in [0.05, 0.1) is 22.5 Å². The Bertz CT molecular complexity index is 1370. The van der Waals surface area contributed by atoms with Crippen LogP contribution in [-0.4, -0.2) is 37.2 Å². The van der Waals surface area contributed by atoms with Crippen LogP contribution >= 0.6 is 11.6 Å². The van der Waals surface area contributed by atoms with Crippen molar-refractivity contribution in [3.63, 3.8) is 0 Å². The van der Waals surface area contributed by atoms with Gasteiger partial charge < -0.3 is 10.6 Å². The normalized spacial score (nSPS) is 12.8. The first-order valence-electron chi connectivity index (χ1n) is 11.3. The van der Waals surface area contributed by atoms with Gasteiger partial charge in [0.15, 0.2) is 16.0 Å². The zero-order chi connectivity index (χ0) is 26.9. The smallest absolute Gasteiger partial charge is 0.252 e. The summed E-state index contributed by atoms with van der Waals surface area (Å²) in [5, 5.41) is 18.1. The molecule has 192 valence electrons. The number of halogens is 1. The van der Waals surface area contributed by atoms with Crippen LogP contribution in [0.15, 0.2) is 89.0 Å². The van der Waals surface area contributed by atoms with E-state index in [1.165, 1.54) is 0 Å². The van der Waals surface area contributed by atoms with Gasteiger partial charge in [0, 0.05) is 22.2 Å². The highest BCUT2D eigenvalue weighted by atomic mass is 35.5. The number of hydrogen-bond donors (Lipinski definition) is 3. The third kappa shape index (κ3) is 8.03. The number of nitrogens with one attached hydrogen (secondary N) is 3. The van der Waals surface area contributed by atoms with Gasteiger partial charge in [-0.25, -0.2) is 13.4 Å². The summed E-state index contributed by atoms with van der Waals surface area (Å²) in [7, 11) is -3.57. The van der Waals surface area contributed by atoms with Crippen molar-refractivity contribution in [2.45, 2.75) is 31.3 Å². The molecule has 37 heavy (non-hydrogen) atoms. The van der Waals surface area contributed by atoms with Crippen LogP contribution in [-0.2, 0) is 9.84 Å². The molecule has 0 aliphatic heterocycles. The van der Waals surface area contributed by atoms with Gasteiger partial charge in [0.1, 0.15) is 6.17 Å². The Balaban J connectivity index is 1.91. The first-order chi connectivity index (χ1) is 17.6. The van der Waals surface area contributed by atoms with Crippen molar-refractivity contribution in [2.24, 2.45) is 10.4 Å². The van der Waals surface area contributed by atoms with Crippen LogP contribution in [0.2, 0.25) is 5.02 Å². The van der Waals surface area contributed by atoms with Gasteiger partial charge in [-0.05, 0) is 55.0 Å². The van der Waals surface area contributed by atoms with Gasteiger partial charge >= 0.3 is 0 Å². The number of sulfone groups is 1. The molecule has 0 bridgehead atoms. The third-order valence-electron chi connectivity index (χ3n) is 5.59. The van der Waals surface area contributed by atoms with Crippen LogP contribution in [0.4, 0.5) is 5.69 Å². The predicted molar refractivity (Wildman–Crippen MR) is 144 cm³/mol. The molecule has 0 saturated heterocycles. The summed E-state index contributed by atoms with van der Waals surface area (Å²) in [5.41, 5.74) is 0.0757. The number of carbonyl (C=O) groups excluding carboxylic acids is 1. The molecule has 0 fully saturated rings. The molecule has 9 nitrogen and oxygen atoms in total. The molecule has 1 amide bonds. The first kappa shape index (κ1) is 27.6. The highest BCUT2D eigenvalue weighted by Crippen LogP contribution is 2.29. The number of nitrogens with zero attached hydrogens (tertiary/aromatic N) is 3. The highest BCUT2D eigenvalue weighted by Gasteiger charge is 2.33. The van der Waals surface area contributed by atoms with Crippen molar-refractivity contribution in [1.82, 2.24) is 15.6 Å². The van der Waals surface area contributed by atoms with Gasteiger partial charge in [0.2, 0.25) is 5.96 Å². The van der Waals surface area contributed by atoms with Crippen molar-refractivity contribution in [3.05, 3.63) is 89.7 Å². The van der Waals surface area contributed by atoms with Crippen LogP contribution in [0.5, 0.6) is 0 Å². The molecule has 1 atom stereocenters. The van der Waals surface area contributed by atoms with Crippen molar-refractivity contribution < 1.29 is 13.2 Å². The molecule has 1 aromatic heterocycles. The minimum atomic E-state index is -3.57. The average Bonchev–Trinajstić information content (AvgIpc) is 2.89. The maximum absolute atomic E-state index is 13.1. The van der Waals surface area contributed by atoms with Gasteiger partial charge in [-0.2, -0.15) is 5.26 Å². The molecule has 0 aliphatic carbocycles. The Morgan fingerprint density at radius 2 is 1.81 bits per heavy atom. The lowest BCUT2D eigenvalue weighted by atomic mass is 9.86. The number of benzene rings is 2. The summed E-state index contributed by atoms with van der Waals surface area (Å²) in [5.74, 6) is -0.526. The predicted octanol–water partition coefficient (Wildman–Crippen LogP) is 4.22. The zero-order valence-electron chi connectivity index (χ0n) is 20.3. The summed E-state index contributed by atoms with van der Waals surface area (Å²) >= 11 is 5.95. The molecule has 1 unspecified atom stereocenters. The maximum atomic E-state index is 13.1. The molecule has 0 radical (unpaired) electrons. The largest absolute Gasteiger partial charge is 0.330 e. The van der Waals surface area contributed by atoms with Crippen molar-refractivity contribution in [3.8, 4) is 6.19 Å². The average molecular weight is 539 g/mol. The summed E-state index contributed by atoms with van der Waals surface area (Å²) in [6, 6.07) is 18.0. The number of guanidine groups is 1. The quantitative estimate of drug-likeness (QED) is 0.160. The number of pyridine rings is 1. The van der Waals surface area contributed by atoms with Crippen LogP contribution in [0.1, 0.15) is 30.6 Å². The van der Waals surface area contributed by atoms with Gasteiger partial charge in [-0.3, -0.25) is 15.1 Å². The van der Waals surface area contributed by atoms with Crippen molar-refractivity contribution in [1.29, 1.82) is 5.26 Å². The van der Waals surface area contributed by atoms with Crippen LogP contribution < -0.4 is 16.0 Å². The lowest BCUT2D eigenvalue weighted by Gasteiger charge is -2.32. The number of aliphatic imine (C=N–C) groups is 1. The fourth-order valence-corrected chi connectivity index (χ4v) is 5.07. The number of aromatic nitrogens is 1. The highest BCUT2D eigenvalue weighted by molar-refractivity contribution is 7.91. The van der Waals surface area contributed by atoms with Gasteiger partial charge in [-0.1, -0.05) is 43.6 Å². The Kier molecular flexibility index (Phi) is 9.22. The van der Waals surface area contributed by atoms with E-state index in [2.05, 4.69) is 25.9 Å². The van der Waals surface area contributed by atoms with Gasteiger partial charge in [0.25, 0.3) is 5.91 Å². The fraction of sp³-hybridized carbons (Fsp3) is 0.231. The molecule has 1 heterocycles. The summed E-state index contributed by atoms with van der Waals surface area (Å²) in [6.45, 7) is 3.61. The Morgan fingerprint density at radius 3 is 2.43 bits per heavy atom. The molecule has 11 heteroatoms. The molecular weight excluding hydrogens is 512 g/mol. The number of carbonyl (C=O) groups is 1. The van der Waals surface area contributed by atoms with E-state index in [0.29, 0.717) is 16.3 Å². The zero-order valence-corrected chi connectivity index (χ0v) is 21.9. The van der Waals surface area contributed by atoms with E-state index < -0.39 is 27.3 Å². The molecule has 0 aliphatic rings. The standard InChI is InChI=1S/C26H27ClN6O3S/c1-26(2,14-16-37(35,36)22-8-4-3-5-9-22)24(32-23(34)19-10-12-20(27)13-11-19)33-25(30-18-28)31-21-7-6-15-29-17-21/h3-13,15,17,24H,14,16H2,1-2H3,(H,32,34)(H2,30,31,33). The molecule has 2 aromatic carbocycles. The van der Waals surface area contributed by atoms with E-state index in [1.807, 2.05) is 6.19 Å². The monoisotopic (exact) mass is 538 g/mol. The Labute approximate surface area is 221 Å². The SMILES string of the molecule is CC(C)(CCS(=O)(=O)c1ccccc1)C(N=C(NC#N)Nc1cccnc1)NC(=O)c1ccc(Cl)cc1.